The molecule has 0 N–H and O–H groups in total. The van der Waals surface area contributed by atoms with E-state index in [1.165, 1.54) is 0 Å². The van der Waals surface area contributed by atoms with Gasteiger partial charge >= 0.3 is 0 Å². The van der Waals surface area contributed by atoms with Gasteiger partial charge in [-0.3, -0.25) is 4.98 Å². The summed E-state index contributed by atoms with van der Waals surface area (Å²) in [5.74, 6) is 1.72. The van der Waals surface area contributed by atoms with Crippen molar-refractivity contribution in [1.29, 1.82) is 0 Å². The van der Waals surface area contributed by atoms with Gasteiger partial charge in [-0.2, -0.15) is 0 Å². The van der Waals surface area contributed by atoms with E-state index in [0.29, 0.717) is 0 Å². The van der Waals surface area contributed by atoms with Gasteiger partial charge in [0.1, 0.15) is 11.5 Å². The standard InChI is InChI=1S/C12H12NO/c1-10-5-2-3-7-12(10)14-11-6-4-8-13-9-11/h2,4-9H,3H2,1H3. The maximum absolute atomic E-state index is 5.68. The molecule has 2 heteroatoms. The van der Waals surface area contributed by atoms with E-state index in [1.54, 1.807) is 12.4 Å². The Morgan fingerprint density at radius 2 is 2.36 bits per heavy atom. The first-order valence-corrected chi connectivity index (χ1v) is 4.65. The lowest BCUT2D eigenvalue weighted by Gasteiger charge is -2.13. The van der Waals surface area contributed by atoms with Crippen LogP contribution in [0.1, 0.15) is 13.3 Å². The molecule has 0 atom stereocenters. The summed E-state index contributed by atoms with van der Waals surface area (Å²) in [5, 5.41) is 0. The van der Waals surface area contributed by atoms with Gasteiger partial charge in [-0.05, 0) is 43.5 Å². The lowest BCUT2D eigenvalue weighted by Crippen LogP contribution is -2.00. The van der Waals surface area contributed by atoms with Gasteiger partial charge in [-0.1, -0.05) is 6.08 Å². The number of ether oxygens (including phenoxy) is 1. The second-order valence-electron chi connectivity index (χ2n) is 3.18. The van der Waals surface area contributed by atoms with Gasteiger partial charge in [-0.15, -0.1) is 0 Å². The van der Waals surface area contributed by atoms with E-state index >= 15 is 0 Å². The summed E-state index contributed by atoms with van der Waals surface area (Å²) in [6.45, 7) is 2.04. The van der Waals surface area contributed by atoms with Crippen molar-refractivity contribution in [3.05, 3.63) is 54.4 Å². The molecular weight excluding hydrogens is 174 g/mol. The molecule has 1 aromatic heterocycles. The van der Waals surface area contributed by atoms with Crippen LogP contribution < -0.4 is 4.74 Å². The van der Waals surface area contributed by atoms with Crippen molar-refractivity contribution in [3.63, 3.8) is 0 Å². The Balaban J connectivity index is 2.12. The van der Waals surface area contributed by atoms with Crippen LogP contribution in [0.25, 0.3) is 0 Å². The molecule has 1 aliphatic carbocycles. The molecule has 1 radical (unpaired) electrons. The first kappa shape index (κ1) is 9.00. The van der Waals surface area contributed by atoms with Crippen LogP contribution in [0.3, 0.4) is 0 Å². The van der Waals surface area contributed by atoms with Crippen LogP contribution in [0.2, 0.25) is 0 Å². The molecule has 1 aliphatic rings. The maximum atomic E-state index is 5.68. The molecule has 0 fully saturated rings. The first-order valence-electron chi connectivity index (χ1n) is 4.65. The van der Waals surface area contributed by atoms with Gasteiger partial charge < -0.3 is 4.74 Å². The Morgan fingerprint density at radius 3 is 3.07 bits per heavy atom. The van der Waals surface area contributed by atoms with E-state index < -0.39 is 0 Å². The molecule has 2 rings (SSSR count). The fourth-order valence-corrected chi connectivity index (χ4v) is 1.32. The number of nitrogens with zero attached hydrogens (tertiary/aromatic N) is 1. The highest BCUT2D eigenvalue weighted by atomic mass is 16.5. The van der Waals surface area contributed by atoms with Crippen LogP contribution in [0.5, 0.6) is 5.75 Å². The minimum Gasteiger partial charge on any atom is -0.456 e. The van der Waals surface area contributed by atoms with E-state index in [0.717, 1.165) is 23.5 Å². The number of hydrogen-bond donors (Lipinski definition) is 0. The maximum Gasteiger partial charge on any atom is 0.145 e. The number of hydrogen-bond acceptors (Lipinski definition) is 2. The molecule has 0 aromatic carbocycles. The van der Waals surface area contributed by atoms with Crippen LogP contribution in [-0.4, -0.2) is 4.98 Å². The predicted octanol–water partition coefficient (Wildman–Crippen LogP) is 2.90. The molecule has 0 aliphatic heterocycles. The number of pyridine rings is 1. The predicted molar refractivity (Wildman–Crippen MR) is 55.6 cm³/mol. The topological polar surface area (TPSA) is 22.1 Å². The highest BCUT2D eigenvalue weighted by Gasteiger charge is 2.06. The fraction of sp³-hybridized carbons (Fsp3) is 0.167. The van der Waals surface area contributed by atoms with Crippen molar-refractivity contribution in [2.75, 3.05) is 0 Å². The third-order valence-electron chi connectivity index (χ3n) is 2.06. The zero-order chi connectivity index (χ0) is 9.80. The van der Waals surface area contributed by atoms with Gasteiger partial charge in [0.05, 0.1) is 6.20 Å². The SMILES string of the molecule is CC1=C[CH]CC=C1Oc1cccnc1. The van der Waals surface area contributed by atoms with Crippen molar-refractivity contribution in [1.82, 2.24) is 4.98 Å². The third-order valence-corrected chi connectivity index (χ3v) is 2.06. The van der Waals surface area contributed by atoms with Crippen LogP contribution in [0, 0.1) is 6.42 Å². The average molecular weight is 186 g/mol. The van der Waals surface area contributed by atoms with Gasteiger partial charge in [0, 0.05) is 6.20 Å². The summed E-state index contributed by atoms with van der Waals surface area (Å²) in [5.41, 5.74) is 1.15. The quantitative estimate of drug-likeness (QED) is 0.708. The van der Waals surface area contributed by atoms with E-state index in [2.05, 4.69) is 23.6 Å². The van der Waals surface area contributed by atoms with Gasteiger partial charge in [0.15, 0.2) is 0 Å². The Kier molecular flexibility index (Phi) is 2.63. The van der Waals surface area contributed by atoms with E-state index in [-0.39, 0.29) is 0 Å². The normalized spacial score (nSPS) is 15.8. The molecule has 0 amide bonds. The van der Waals surface area contributed by atoms with Crippen molar-refractivity contribution in [2.24, 2.45) is 0 Å². The summed E-state index contributed by atoms with van der Waals surface area (Å²) in [6, 6.07) is 3.77. The molecule has 0 saturated heterocycles. The molecular formula is C12H12NO. The monoisotopic (exact) mass is 186 g/mol. The summed E-state index contributed by atoms with van der Waals surface area (Å²) in [7, 11) is 0. The fourth-order valence-electron chi connectivity index (χ4n) is 1.32. The zero-order valence-corrected chi connectivity index (χ0v) is 8.10. The number of rotatable bonds is 2. The lowest BCUT2D eigenvalue weighted by atomic mass is 10.1. The average Bonchev–Trinajstić information content (AvgIpc) is 2.23. The number of aromatic nitrogens is 1. The van der Waals surface area contributed by atoms with Crippen LogP contribution in [0.4, 0.5) is 0 Å². The molecule has 14 heavy (non-hydrogen) atoms. The molecule has 0 saturated carbocycles. The van der Waals surface area contributed by atoms with Crippen molar-refractivity contribution in [3.8, 4) is 5.75 Å². The van der Waals surface area contributed by atoms with Crippen molar-refractivity contribution < 1.29 is 4.74 Å². The lowest BCUT2D eigenvalue weighted by molar-refractivity contribution is 0.430. The van der Waals surface area contributed by atoms with Gasteiger partial charge in [0.2, 0.25) is 0 Å². The van der Waals surface area contributed by atoms with E-state index in [1.807, 2.05) is 19.1 Å². The molecule has 71 valence electrons. The van der Waals surface area contributed by atoms with E-state index in [9.17, 15) is 0 Å². The molecule has 0 unspecified atom stereocenters. The van der Waals surface area contributed by atoms with Gasteiger partial charge in [0.25, 0.3) is 0 Å². The Bertz CT molecular complexity index is 365. The summed E-state index contributed by atoms with van der Waals surface area (Å²) in [4.78, 5) is 4.00. The second kappa shape index (κ2) is 4.09. The largest absolute Gasteiger partial charge is 0.456 e. The Labute approximate surface area is 83.9 Å². The Hall–Kier alpha value is -1.57. The first-order chi connectivity index (χ1) is 6.86. The minimum absolute atomic E-state index is 0.786. The zero-order valence-electron chi connectivity index (χ0n) is 8.10. The van der Waals surface area contributed by atoms with Crippen LogP contribution in [0.15, 0.2) is 48.0 Å². The van der Waals surface area contributed by atoms with Crippen molar-refractivity contribution >= 4 is 0 Å². The highest BCUT2D eigenvalue weighted by molar-refractivity contribution is 5.34. The number of allylic oxidation sites excluding steroid dienone is 3. The molecule has 1 aromatic rings. The molecule has 1 heterocycles. The van der Waals surface area contributed by atoms with Crippen LogP contribution >= 0.6 is 0 Å². The summed E-state index contributed by atoms with van der Waals surface area (Å²) in [6.07, 6.45) is 10.7. The summed E-state index contributed by atoms with van der Waals surface area (Å²) < 4.78 is 5.68. The van der Waals surface area contributed by atoms with Crippen LogP contribution in [-0.2, 0) is 0 Å². The van der Waals surface area contributed by atoms with E-state index in [4.69, 9.17) is 4.74 Å². The molecule has 0 spiro atoms. The Morgan fingerprint density at radius 1 is 1.43 bits per heavy atom. The highest BCUT2D eigenvalue weighted by Crippen LogP contribution is 2.21. The van der Waals surface area contributed by atoms with Gasteiger partial charge in [-0.25, -0.2) is 0 Å². The smallest absolute Gasteiger partial charge is 0.145 e. The molecule has 2 nitrogen and oxygen atoms in total. The summed E-state index contributed by atoms with van der Waals surface area (Å²) >= 11 is 0. The molecule has 0 bridgehead atoms. The minimum atomic E-state index is 0.786. The van der Waals surface area contributed by atoms with Crippen molar-refractivity contribution in [2.45, 2.75) is 13.3 Å². The second-order valence-corrected chi connectivity index (χ2v) is 3.18. The third kappa shape index (κ3) is 2.02.